The van der Waals surface area contributed by atoms with Crippen LogP contribution in [0, 0.1) is 0 Å². The van der Waals surface area contributed by atoms with E-state index in [4.69, 9.17) is 4.74 Å². The number of hydrogen-bond donors (Lipinski definition) is 0. The second-order valence-corrected chi connectivity index (χ2v) is 5.85. The quantitative estimate of drug-likeness (QED) is 0.753. The van der Waals surface area contributed by atoms with Crippen LogP contribution in [0.3, 0.4) is 0 Å². The molecule has 0 bridgehead atoms. The molecule has 0 aromatic heterocycles. The molecule has 1 heterocycles. The van der Waals surface area contributed by atoms with Crippen LogP contribution in [0.1, 0.15) is 30.1 Å². The molecule has 1 fully saturated rings. The van der Waals surface area contributed by atoms with Crippen LogP contribution in [0.2, 0.25) is 0 Å². The van der Waals surface area contributed by atoms with Gasteiger partial charge in [0, 0.05) is 24.7 Å². The third-order valence-electron chi connectivity index (χ3n) is 4.14. The minimum atomic E-state index is 0.196. The lowest BCUT2D eigenvalue weighted by Gasteiger charge is -2.34. The summed E-state index contributed by atoms with van der Waals surface area (Å²) >= 11 is 0. The van der Waals surface area contributed by atoms with Gasteiger partial charge in [0.1, 0.15) is 5.75 Å². The molecule has 0 amide bonds. The molecule has 2 rings (SSSR count). The van der Waals surface area contributed by atoms with Crippen LogP contribution >= 0.6 is 0 Å². The van der Waals surface area contributed by atoms with Crippen molar-refractivity contribution in [2.24, 2.45) is 0 Å². The number of likely N-dealkylation sites (tertiary alicyclic amines) is 1. The number of nitrogens with zero attached hydrogens (tertiary/aromatic N) is 2. The first-order valence-electron chi connectivity index (χ1n) is 7.75. The summed E-state index contributed by atoms with van der Waals surface area (Å²) in [5.41, 5.74) is 0.771. The molecule has 4 nitrogen and oxygen atoms in total. The van der Waals surface area contributed by atoms with Crippen LogP contribution in [-0.2, 0) is 0 Å². The molecule has 1 saturated heterocycles. The van der Waals surface area contributed by atoms with Crippen molar-refractivity contribution in [1.29, 1.82) is 0 Å². The largest absolute Gasteiger partial charge is 0.494 e. The minimum Gasteiger partial charge on any atom is -0.494 e. The molecule has 0 aliphatic carbocycles. The Morgan fingerprint density at radius 1 is 1.24 bits per heavy atom. The molecule has 0 spiro atoms. The Bertz CT molecular complexity index is 448. The van der Waals surface area contributed by atoms with Crippen LogP contribution in [0.15, 0.2) is 24.3 Å². The highest BCUT2D eigenvalue weighted by molar-refractivity contribution is 5.97. The van der Waals surface area contributed by atoms with Crippen molar-refractivity contribution in [1.82, 2.24) is 9.80 Å². The molecule has 0 N–H and O–H groups in total. The molecule has 1 aromatic rings. The number of Topliss-reactive ketones (excluding diaryl/α,β-unsaturated/α-hetero) is 1. The first-order chi connectivity index (χ1) is 10.1. The summed E-state index contributed by atoms with van der Waals surface area (Å²) in [4.78, 5) is 16.9. The lowest BCUT2D eigenvalue weighted by atomic mass is 10.0. The smallest absolute Gasteiger partial charge is 0.176 e. The molecule has 116 valence electrons. The van der Waals surface area contributed by atoms with Crippen LogP contribution in [-0.4, -0.2) is 62.0 Å². The topological polar surface area (TPSA) is 32.8 Å². The first-order valence-corrected chi connectivity index (χ1v) is 7.75. The van der Waals surface area contributed by atoms with Crippen molar-refractivity contribution in [3.63, 3.8) is 0 Å². The van der Waals surface area contributed by atoms with Gasteiger partial charge in [-0.2, -0.15) is 0 Å². The molecule has 1 aromatic carbocycles. The maximum atomic E-state index is 12.3. The number of ether oxygens (including phenoxy) is 1. The van der Waals surface area contributed by atoms with E-state index in [1.165, 1.54) is 0 Å². The number of benzene rings is 1. The third kappa shape index (κ3) is 4.55. The molecule has 0 unspecified atom stereocenters. The van der Waals surface area contributed by atoms with Gasteiger partial charge in [-0.3, -0.25) is 9.69 Å². The normalized spacial score (nSPS) is 17.1. The van der Waals surface area contributed by atoms with Gasteiger partial charge in [0.15, 0.2) is 5.78 Å². The SMILES string of the molecule is CCOc1ccc(C(=O)CN2CCC(N(C)C)CC2)cc1. The van der Waals surface area contributed by atoms with Crippen LogP contribution in [0.5, 0.6) is 5.75 Å². The van der Waals surface area contributed by atoms with Gasteiger partial charge in [-0.25, -0.2) is 0 Å². The van der Waals surface area contributed by atoms with E-state index < -0.39 is 0 Å². The summed E-state index contributed by atoms with van der Waals surface area (Å²) in [5, 5.41) is 0. The number of hydrogen-bond acceptors (Lipinski definition) is 4. The van der Waals surface area contributed by atoms with E-state index in [1.54, 1.807) is 0 Å². The predicted molar refractivity (Wildman–Crippen MR) is 85.1 cm³/mol. The van der Waals surface area contributed by atoms with E-state index in [-0.39, 0.29) is 5.78 Å². The van der Waals surface area contributed by atoms with Crippen molar-refractivity contribution < 1.29 is 9.53 Å². The monoisotopic (exact) mass is 290 g/mol. The standard InChI is InChI=1S/C17H26N2O2/c1-4-21-16-7-5-14(6-8-16)17(20)13-19-11-9-15(10-12-19)18(2)3/h5-8,15H,4,9-13H2,1-3H3. The van der Waals surface area contributed by atoms with Gasteiger partial charge >= 0.3 is 0 Å². The van der Waals surface area contributed by atoms with Crippen LogP contribution in [0.25, 0.3) is 0 Å². The highest BCUT2D eigenvalue weighted by Gasteiger charge is 2.22. The van der Waals surface area contributed by atoms with E-state index in [1.807, 2.05) is 31.2 Å². The molecule has 4 heteroatoms. The summed E-state index contributed by atoms with van der Waals surface area (Å²) in [6, 6.07) is 8.12. The maximum absolute atomic E-state index is 12.3. The summed E-state index contributed by atoms with van der Waals surface area (Å²) in [6.07, 6.45) is 2.28. The summed E-state index contributed by atoms with van der Waals surface area (Å²) < 4.78 is 5.40. The second-order valence-electron chi connectivity index (χ2n) is 5.85. The molecule has 1 aliphatic rings. The van der Waals surface area contributed by atoms with Gasteiger partial charge < -0.3 is 9.64 Å². The minimum absolute atomic E-state index is 0.196. The summed E-state index contributed by atoms with van der Waals surface area (Å²) in [5.74, 6) is 1.02. The van der Waals surface area contributed by atoms with Gasteiger partial charge in [0.25, 0.3) is 0 Å². The predicted octanol–water partition coefficient (Wildman–Crippen LogP) is 2.29. The lowest BCUT2D eigenvalue weighted by molar-refractivity contribution is 0.0874. The van der Waals surface area contributed by atoms with E-state index in [9.17, 15) is 4.79 Å². The van der Waals surface area contributed by atoms with Gasteiger partial charge in [0.2, 0.25) is 0 Å². The second kappa shape index (κ2) is 7.57. The van der Waals surface area contributed by atoms with Crippen molar-refractivity contribution >= 4 is 5.78 Å². The molecule has 0 radical (unpaired) electrons. The van der Waals surface area contributed by atoms with Crippen molar-refractivity contribution in [3.05, 3.63) is 29.8 Å². The number of piperidine rings is 1. The Balaban J connectivity index is 1.84. The van der Waals surface area contributed by atoms with Crippen LogP contribution in [0.4, 0.5) is 0 Å². The Hall–Kier alpha value is -1.39. The molecule has 21 heavy (non-hydrogen) atoms. The number of rotatable bonds is 6. The summed E-state index contributed by atoms with van der Waals surface area (Å²) in [7, 11) is 4.26. The van der Waals surface area contributed by atoms with Gasteiger partial charge in [-0.1, -0.05) is 0 Å². The molecular weight excluding hydrogens is 264 g/mol. The Kier molecular flexibility index (Phi) is 5.76. The Labute approximate surface area is 127 Å². The lowest BCUT2D eigenvalue weighted by Crippen LogP contribution is -2.43. The molecule has 0 saturated carbocycles. The number of carbonyl (C=O) groups excluding carboxylic acids is 1. The van der Waals surface area contributed by atoms with Crippen molar-refractivity contribution in [3.8, 4) is 5.75 Å². The molecule has 1 aliphatic heterocycles. The Morgan fingerprint density at radius 3 is 2.38 bits per heavy atom. The van der Waals surface area contributed by atoms with E-state index >= 15 is 0 Å². The zero-order valence-electron chi connectivity index (χ0n) is 13.3. The first kappa shape index (κ1) is 16.0. The number of ketones is 1. The van der Waals surface area contributed by atoms with Gasteiger partial charge in [0.05, 0.1) is 13.2 Å². The average molecular weight is 290 g/mol. The van der Waals surface area contributed by atoms with E-state index in [0.717, 1.165) is 37.2 Å². The van der Waals surface area contributed by atoms with Crippen LogP contribution < -0.4 is 4.74 Å². The molecule has 0 atom stereocenters. The highest BCUT2D eigenvalue weighted by Crippen LogP contribution is 2.16. The zero-order valence-corrected chi connectivity index (χ0v) is 13.3. The fraction of sp³-hybridized carbons (Fsp3) is 0.588. The summed E-state index contributed by atoms with van der Waals surface area (Å²) in [6.45, 7) is 5.13. The third-order valence-corrected chi connectivity index (χ3v) is 4.14. The number of carbonyl (C=O) groups is 1. The van der Waals surface area contributed by atoms with E-state index in [0.29, 0.717) is 19.2 Å². The fourth-order valence-corrected chi connectivity index (χ4v) is 2.79. The zero-order chi connectivity index (χ0) is 15.2. The molecular formula is C17H26N2O2. The maximum Gasteiger partial charge on any atom is 0.176 e. The van der Waals surface area contributed by atoms with Gasteiger partial charge in [-0.15, -0.1) is 0 Å². The van der Waals surface area contributed by atoms with E-state index in [2.05, 4.69) is 23.9 Å². The fourth-order valence-electron chi connectivity index (χ4n) is 2.79. The highest BCUT2D eigenvalue weighted by atomic mass is 16.5. The van der Waals surface area contributed by atoms with Crippen molar-refractivity contribution in [2.45, 2.75) is 25.8 Å². The average Bonchev–Trinajstić information content (AvgIpc) is 2.49. The Morgan fingerprint density at radius 2 is 1.86 bits per heavy atom. The van der Waals surface area contributed by atoms with Crippen molar-refractivity contribution in [2.75, 3.05) is 40.3 Å². The van der Waals surface area contributed by atoms with Gasteiger partial charge in [-0.05, 0) is 58.1 Å².